The highest BCUT2D eigenvalue weighted by Crippen LogP contribution is 1.96. The molecule has 0 aliphatic carbocycles. The lowest BCUT2D eigenvalue weighted by Gasteiger charge is -1.95. The van der Waals surface area contributed by atoms with Gasteiger partial charge in [-0.3, -0.25) is 0 Å². The molecule has 0 aromatic rings. The fourth-order valence-corrected chi connectivity index (χ4v) is 0.658. The van der Waals surface area contributed by atoms with Crippen LogP contribution in [-0.4, -0.2) is 11.0 Å². The number of hydrogen-bond donors (Lipinski definition) is 2. The monoisotopic (exact) mass is 166 g/mol. The molecule has 3 N–H and O–H groups in total. The number of amidine groups is 1. The second-order valence-electron chi connectivity index (χ2n) is 2.11. The molecule has 12 heavy (non-hydrogen) atoms. The summed E-state index contributed by atoms with van der Waals surface area (Å²) in [6, 6.07) is 0. The van der Waals surface area contributed by atoms with Crippen molar-refractivity contribution in [2.24, 2.45) is 10.9 Å². The van der Waals surface area contributed by atoms with Crippen molar-refractivity contribution in [2.45, 2.75) is 13.8 Å². The molecule has 0 amide bonds. The van der Waals surface area contributed by atoms with Crippen molar-refractivity contribution in [1.29, 1.82) is 0 Å². The molecular weight excluding hydrogens is 152 g/mol. The molecule has 0 aliphatic rings. The summed E-state index contributed by atoms with van der Waals surface area (Å²) < 4.78 is 0. The fraction of sp³-hybridized carbons (Fsp3) is 0.222. The van der Waals surface area contributed by atoms with Gasteiger partial charge in [-0.05, 0) is 13.8 Å². The van der Waals surface area contributed by atoms with Crippen molar-refractivity contribution < 1.29 is 5.21 Å². The molecule has 66 valence electrons. The van der Waals surface area contributed by atoms with E-state index in [-0.39, 0.29) is 5.84 Å². The second-order valence-corrected chi connectivity index (χ2v) is 2.11. The highest BCUT2D eigenvalue weighted by molar-refractivity contribution is 5.98. The van der Waals surface area contributed by atoms with Gasteiger partial charge in [-0.25, -0.2) is 0 Å². The molecule has 3 nitrogen and oxygen atoms in total. The quantitative estimate of drug-likeness (QED) is 0.221. The lowest BCUT2D eigenvalue weighted by molar-refractivity contribution is 0.318. The largest absolute Gasteiger partial charge is 0.409 e. The van der Waals surface area contributed by atoms with Gasteiger partial charge in [0.25, 0.3) is 0 Å². The lowest BCUT2D eigenvalue weighted by atomic mass is 10.2. The Kier molecular flexibility index (Phi) is 5.43. The Hall–Kier alpha value is -1.51. The van der Waals surface area contributed by atoms with Crippen LogP contribution in [0.5, 0.6) is 0 Å². The first-order valence-electron chi connectivity index (χ1n) is 3.69. The summed E-state index contributed by atoms with van der Waals surface area (Å²) in [6.07, 6.45) is 9.14. The average molecular weight is 166 g/mol. The van der Waals surface area contributed by atoms with Crippen LogP contribution in [0.3, 0.4) is 0 Å². The summed E-state index contributed by atoms with van der Waals surface area (Å²) >= 11 is 0. The summed E-state index contributed by atoms with van der Waals surface area (Å²) in [5, 5.41) is 11.3. The number of allylic oxidation sites excluding steroid dienone is 4. The van der Waals surface area contributed by atoms with E-state index in [4.69, 9.17) is 10.9 Å². The second kappa shape index (κ2) is 6.22. The van der Waals surface area contributed by atoms with Crippen LogP contribution in [0.4, 0.5) is 0 Å². The van der Waals surface area contributed by atoms with Crippen LogP contribution in [0.25, 0.3) is 0 Å². The molecule has 0 aromatic carbocycles. The topological polar surface area (TPSA) is 58.6 Å². The van der Waals surface area contributed by atoms with Crippen molar-refractivity contribution >= 4 is 5.84 Å². The van der Waals surface area contributed by atoms with Crippen LogP contribution in [0.2, 0.25) is 0 Å². The van der Waals surface area contributed by atoms with Gasteiger partial charge < -0.3 is 10.9 Å². The van der Waals surface area contributed by atoms with E-state index in [1.807, 2.05) is 32.1 Å². The predicted octanol–water partition coefficient (Wildman–Crippen LogP) is 1.81. The Balaban J connectivity index is 4.41. The van der Waals surface area contributed by atoms with Crippen LogP contribution in [0.15, 0.2) is 41.1 Å². The van der Waals surface area contributed by atoms with E-state index in [0.717, 1.165) is 0 Å². The molecule has 0 bridgehead atoms. The summed E-state index contributed by atoms with van der Waals surface area (Å²) in [7, 11) is 0. The Morgan fingerprint density at radius 2 is 2.00 bits per heavy atom. The van der Waals surface area contributed by atoms with E-state index < -0.39 is 0 Å². The van der Waals surface area contributed by atoms with Crippen LogP contribution in [0, 0.1) is 0 Å². The number of rotatable bonds is 3. The van der Waals surface area contributed by atoms with Crippen molar-refractivity contribution in [3.63, 3.8) is 0 Å². The Labute approximate surface area is 72.6 Å². The summed E-state index contributed by atoms with van der Waals surface area (Å²) in [5.74, 6) is 0.123. The third-order valence-corrected chi connectivity index (χ3v) is 1.29. The van der Waals surface area contributed by atoms with Gasteiger partial charge in [-0.15, -0.1) is 0 Å². The van der Waals surface area contributed by atoms with E-state index in [2.05, 4.69) is 5.16 Å². The van der Waals surface area contributed by atoms with Crippen LogP contribution in [0.1, 0.15) is 13.8 Å². The first kappa shape index (κ1) is 10.5. The summed E-state index contributed by atoms with van der Waals surface area (Å²) in [4.78, 5) is 0. The molecule has 0 saturated carbocycles. The molecule has 0 rings (SSSR count). The van der Waals surface area contributed by atoms with Crippen molar-refractivity contribution in [1.82, 2.24) is 0 Å². The van der Waals surface area contributed by atoms with Gasteiger partial charge in [-0.2, -0.15) is 0 Å². The molecule has 3 heteroatoms. The molecule has 0 spiro atoms. The predicted molar refractivity (Wildman–Crippen MR) is 51.1 cm³/mol. The molecule has 0 fully saturated rings. The van der Waals surface area contributed by atoms with Crippen molar-refractivity contribution in [3.05, 3.63) is 36.0 Å². The van der Waals surface area contributed by atoms with Gasteiger partial charge in [0, 0.05) is 5.57 Å². The van der Waals surface area contributed by atoms with Crippen molar-refractivity contribution in [3.8, 4) is 0 Å². The number of oxime groups is 1. The SMILES string of the molecule is CC=C(/C=C\C=C/C)/C(N)=N/O. The minimum absolute atomic E-state index is 0.123. The lowest BCUT2D eigenvalue weighted by Crippen LogP contribution is -2.13. The van der Waals surface area contributed by atoms with E-state index in [1.165, 1.54) is 0 Å². The van der Waals surface area contributed by atoms with Gasteiger partial charge in [0.05, 0.1) is 0 Å². The number of hydrogen-bond acceptors (Lipinski definition) is 2. The normalized spacial score (nSPS) is 14.8. The molecule has 0 unspecified atom stereocenters. The van der Waals surface area contributed by atoms with E-state index >= 15 is 0 Å². The summed E-state index contributed by atoms with van der Waals surface area (Å²) in [5.41, 5.74) is 6.07. The molecular formula is C9H14N2O. The maximum atomic E-state index is 8.36. The Morgan fingerprint density at radius 1 is 1.33 bits per heavy atom. The van der Waals surface area contributed by atoms with Crippen LogP contribution in [-0.2, 0) is 0 Å². The van der Waals surface area contributed by atoms with Gasteiger partial charge >= 0.3 is 0 Å². The van der Waals surface area contributed by atoms with E-state index in [9.17, 15) is 0 Å². The molecule has 0 radical (unpaired) electrons. The molecule has 0 saturated heterocycles. The number of nitrogens with two attached hydrogens (primary N) is 1. The molecule has 0 aromatic heterocycles. The van der Waals surface area contributed by atoms with Gasteiger partial charge in [0.2, 0.25) is 0 Å². The zero-order chi connectivity index (χ0) is 9.40. The standard InChI is InChI=1S/C9H14N2O/c1-3-5-6-7-8(4-2)9(10)11-12/h3-7,12H,1-2H3,(H2,10,11)/b5-3-,7-6-,8-4?. The fourth-order valence-electron chi connectivity index (χ4n) is 0.658. The molecule has 0 atom stereocenters. The van der Waals surface area contributed by atoms with Crippen LogP contribution >= 0.6 is 0 Å². The zero-order valence-corrected chi connectivity index (χ0v) is 7.36. The number of nitrogens with zero attached hydrogens (tertiary/aromatic N) is 1. The molecule has 0 heterocycles. The maximum Gasteiger partial charge on any atom is 0.169 e. The smallest absolute Gasteiger partial charge is 0.169 e. The van der Waals surface area contributed by atoms with Crippen LogP contribution < -0.4 is 5.73 Å². The van der Waals surface area contributed by atoms with Gasteiger partial charge in [0.1, 0.15) is 0 Å². The average Bonchev–Trinajstić information content (AvgIpc) is 2.11. The summed E-state index contributed by atoms with van der Waals surface area (Å²) in [6.45, 7) is 3.75. The third-order valence-electron chi connectivity index (χ3n) is 1.29. The third kappa shape index (κ3) is 3.61. The van der Waals surface area contributed by atoms with Crippen molar-refractivity contribution in [2.75, 3.05) is 0 Å². The Morgan fingerprint density at radius 3 is 2.42 bits per heavy atom. The van der Waals surface area contributed by atoms with Gasteiger partial charge in [0.15, 0.2) is 5.84 Å². The molecule has 0 aliphatic heterocycles. The maximum absolute atomic E-state index is 8.36. The Bertz CT molecular complexity index is 237. The first-order chi connectivity index (χ1) is 5.76. The van der Waals surface area contributed by atoms with E-state index in [1.54, 1.807) is 12.2 Å². The highest BCUT2D eigenvalue weighted by atomic mass is 16.4. The van der Waals surface area contributed by atoms with E-state index in [0.29, 0.717) is 5.57 Å². The highest BCUT2D eigenvalue weighted by Gasteiger charge is 1.94. The van der Waals surface area contributed by atoms with Gasteiger partial charge in [-0.1, -0.05) is 35.5 Å². The minimum Gasteiger partial charge on any atom is -0.409 e. The first-order valence-corrected chi connectivity index (χ1v) is 3.69. The minimum atomic E-state index is 0.123. The zero-order valence-electron chi connectivity index (χ0n) is 7.36.